The first-order valence-corrected chi connectivity index (χ1v) is 8.14. The Hall–Kier alpha value is -2.19. The van der Waals surface area contributed by atoms with E-state index in [1.54, 1.807) is 30.6 Å². The summed E-state index contributed by atoms with van der Waals surface area (Å²) in [6, 6.07) is 9.06. The average Bonchev–Trinajstić information content (AvgIpc) is 2.94. The monoisotopic (exact) mass is 341 g/mol. The number of ether oxygens (including phenoxy) is 1. The van der Waals surface area contributed by atoms with Crippen molar-refractivity contribution in [2.75, 3.05) is 0 Å². The fourth-order valence-corrected chi connectivity index (χ4v) is 2.37. The molecule has 25 heavy (non-hydrogen) atoms. The molecule has 2 heterocycles. The predicted molar refractivity (Wildman–Crippen MR) is 94.7 cm³/mol. The molecule has 0 bridgehead atoms. The predicted octanol–water partition coefficient (Wildman–Crippen LogP) is 1.13. The van der Waals surface area contributed by atoms with Crippen molar-refractivity contribution in [3.05, 3.63) is 53.9 Å². The van der Waals surface area contributed by atoms with E-state index in [2.05, 4.69) is 4.98 Å². The SMILES string of the molecule is CC(C)(C)[NH+](O)C=Cc1ccc(Oc2ccc3c(c2)COB3O)nc1. The van der Waals surface area contributed by atoms with Crippen LogP contribution in [0, 0.1) is 0 Å². The van der Waals surface area contributed by atoms with E-state index in [0.717, 1.165) is 16.6 Å². The number of nitrogens with one attached hydrogen (secondary N) is 1. The van der Waals surface area contributed by atoms with Crippen LogP contribution in [-0.2, 0) is 11.3 Å². The van der Waals surface area contributed by atoms with Crippen LogP contribution in [0.1, 0.15) is 31.9 Å². The van der Waals surface area contributed by atoms with Gasteiger partial charge in [0.2, 0.25) is 5.88 Å². The third-order valence-electron chi connectivity index (χ3n) is 3.96. The first-order chi connectivity index (χ1) is 11.8. The summed E-state index contributed by atoms with van der Waals surface area (Å²) < 4.78 is 10.9. The van der Waals surface area contributed by atoms with Gasteiger partial charge in [0, 0.05) is 18.3 Å². The van der Waals surface area contributed by atoms with Crippen LogP contribution in [0.25, 0.3) is 6.08 Å². The van der Waals surface area contributed by atoms with Crippen molar-refractivity contribution in [1.82, 2.24) is 4.98 Å². The topological polar surface area (TPSA) is 76.3 Å². The summed E-state index contributed by atoms with van der Waals surface area (Å²) in [6.45, 7) is 6.21. The number of rotatable bonds is 4. The standard InChI is InChI=1S/C18H21BN2O4/c1-18(2,3)21(23)9-8-13-4-7-17(20-11-13)25-15-5-6-16-14(10-15)12-24-19(16)22/h4-11,22-23H,12H2,1-3H3/p+1. The van der Waals surface area contributed by atoms with Gasteiger partial charge in [0.15, 0.2) is 0 Å². The van der Waals surface area contributed by atoms with Crippen LogP contribution in [0.5, 0.6) is 11.6 Å². The minimum absolute atomic E-state index is 0.280. The highest BCUT2D eigenvalue weighted by Gasteiger charge is 2.27. The summed E-state index contributed by atoms with van der Waals surface area (Å²) in [5.41, 5.74) is 2.28. The molecule has 6 nitrogen and oxygen atoms in total. The number of pyridine rings is 1. The van der Waals surface area contributed by atoms with E-state index in [4.69, 9.17) is 9.39 Å². The molecule has 0 aliphatic carbocycles. The molecule has 0 amide bonds. The molecule has 1 aliphatic heterocycles. The third kappa shape index (κ3) is 4.26. The fraction of sp³-hybridized carbons (Fsp3) is 0.278. The van der Waals surface area contributed by atoms with E-state index in [-0.39, 0.29) is 5.54 Å². The Kier molecular flexibility index (Phi) is 4.92. The van der Waals surface area contributed by atoms with Crippen molar-refractivity contribution in [3.63, 3.8) is 0 Å². The Labute approximate surface area is 147 Å². The van der Waals surface area contributed by atoms with E-state index in [1.807, 2.05) is 39.0 Å². The average molecular weight is 341 g/mol. The van der Waals surface area contributed by atoms with Gasteiger partial charge in [0.1, 0.15) is 17.5 Å². The van der Waals surface area contributed by atoms with E-state index in [1.165, 1.54) is 0 Å². The van der Waals surface area contributed by atoms with Gasteiger partial charge in [-0.05, 0) is 55.6 Å². The molecule has 1 atom stereocenters. The molecular weight excluding hydrogens is 319 g/mol. The molecule has 1 aliphatic rings. The first kappa shape index (κ1) is 17.6. The van der Waals surface area contributed by atoms with Crippen LogP contribution in [0.15, 0.2) is 42.7 Å². The molecule has 1 aromatic carbocycles. The molecule has 1 aromatic heterocycles. The lowest BCUT2D eigenvalue weighted by molar-refractivity contribution is -1.08. The Bertz CT molecular complexity index is 772. The van der Waals surface area contributed by atoms with Gasteiger partial charge in [-0.2, -0.15) is 5.06 Å². The van der Waals surface area contributed by atoms with Crippen LogP contribution >= 0.6 is 0 Å². The van der Waals surface area contributed by atoms with Gasteiger partial charge in [0.25, 0.3) is 0 Å². The van der Waals surface area contributed by atoms with Gasteiger partial charge >= 0.3 is 7.12 Å². The maximum Gasteiger partial charge on any atom is 0.491 e. The zero-order valence-electron chi connectivity index (χ0n) is 14.6. The van der Waals surface area contributed by atoms with Gasteiger partial charge in [-0.15, -0.1) is 0 Å². The minimum atomic E-state index is -0.852. The minimum Gasteiger partial charge on any atom is -0.439 e. The van der Waals surface area contributed by atoms with Gasteiger partial charge in [-0.1, -0.05) is 6.07 Å². The number of benzene rings is 1. The molecule has 0 saturated carbocycles. The number of hydrogen-bond acceptors (Lipinski definition) is 5. The first-order valence-electron chi connectivity index (χ1n) is 8.14. The van der Waals surface area contributed by atoms with Gasteiger partial charge in [-0.3, -0.25) is 0 Å². The Morgan fingerprint density at radius 2 is 2.08 bits per heavy atom. The van der Waals surface area contributed by atoms with Gasteiger partial charge in [0.05, 0.1) is 6.61 Å². The molecule has 1 unspecified atom stereocenters. The second-order valence-electron chi connectivity index (χ2n) is 7.02. The van der Waals surface area contributed by atoms with Gasteiger partial charge in [-0.25, -0.2) is 10.2 Å². The highest BCUT2D eigenvalue weighted by atomic mass is 16.5. The molecule has 3 rings (SSSR count). The summed E-state index contributed by atoms with van der Waals surface area (Å²) in [4.78, 5) is 4.28. The van der Waals surface area contributed by atoms with Crippen molar-refractivity contribution < 1.29 is 24.7 Å². The molecule has 0 saturated heterocycles. The normalized spacial score (nSPS) is 15.5. The Balaban J connectivity index is 1.66. The molecule has 2 aromatic rings. The van der Waals surface area contributed by atoms with Crippen LogP contribution in [0.2, 0.25) is 0 Å². The molecule has 0 radical (unpaired) electrons. The third-order valence-corrected chi connectivity index (χ3v) is 3.96. The molecule has 0 fully saturated rings. The smallest absolute Gasteiger partial charge is 0.439 e. The van der Waals surface area contributed by atoms with Crippen molar-refractivity contribution >= 4 is 18.7 Å². The second-order valence-corrected chi connectivity index (χ2v) is 7.02. The van der Waals surface area contributed by atoms with Crippen molar-refractivity contribution in [2.24, 2.45) is 0 Å². The molecule has 3 N–H and O–H groups in total. The van der Waals surface area contributed by atoms with E-state index in [9.17, 15) is 10.2 Å². The Morgan fingerprint density at radius 1 is 1.28 bits per heavy atom. The summed E-state index contributed by atoms with van der Waals surface area (Å²) >= 11 is 0. The highest BCUT2D eigenvalue weighted by Crippen LogP contribution is 2.22. The molecule has 0 spiro atoms. The summed E-state index contributed by atoms with van der Waals surface area (Å²) in [5.74, 6) is 1.12. The second kappa shape index (κ2) is 6.97. The molecular formula is C18H22BN2O4+. The quantitative estimate of drug-likeness (QED) is 0.574. The lowest BCUT2D eigenvalue weighted by Crippen LogP contribution is -3.12. The largest absolute Gasteiger partial charge is 0.491 e. The van der Waals surface area contributed by atoms with E-state index >= 15 is 0 Å². The number of quaternary nitrogens is 1. The summed E-state index contributed by atoms with van der Waals surface area (Å²) in [6.07, 6.45) is 5.18. The zero-order valence-corrected chi connectivity index (χ0v) is 14.6. The molecule has 130 valence electrons. The molecule has 7 heteroatoms. The number of hydrogen-bond donors (Lipinski definition) is 3. The van der Waals surface area contributed by atoms with E-state index in [0.29, 0.717) is 23.3 Å². The number of aromatic nitrogens is 1. The highest BCUT2D eigenvalue weighted by molar-refractivity contribution is 6.61. The number of nitrogens with zero attached hydrogens (tertiary/aromatic N) is 1. The maximum absolute atomic E-state index is 9.95. The lowest BCUT2D eigenvalue weighted by Gasteiger charge is -2.20. The Morgan fingerprint density at radius 3 is 2.76 bits per heavy atom. The van der Waals surface area contributed by atoms with E-state index < -0.39 is 7.12 Å². The zero-order chi connectivity index (χ0) is 18.0. The number of fused-ring (bicyclic) bond motifs is 1. The maximum atomic E-state index is 9.95. The number of hydroxylamine groups is 2. The summed E-state index contributed by atoms with van der Waals surface area (Å²) in [7, 11) is -0.852. The van der Waals surface area contributed by atoms with Crippen molar-refractivity contribution in [1.29, 1.82) is 0 Å². The van der Waals surface area contributed by atoms with Crippen LogP contribution in [-0.4, -0.2) is 27.9 Å². The fourth-order valence-electron chi connectivity index (χ4n) is 2.37. The van der Waals surface area contributed by atoms with Crippen LogP contribution in [0.3, 0.4) is 0 Å². The lowest BCUT2D eigenvalue weighted by atomic mass is 9.80. The van der Waals surface area contributed by atoms with Crippen molar-refractivity contribution in [2.45, 2.75) is 32.9 Å². The van der Waals surface area contributed by atoms with Crippen LogP contribution in [0.4, 0.5) is 0 Å². The van der Waals surface area contributed by atoms with Crippen LogP contribution < -0.4 is 15.3 Å². The summed E-state index contributed by atoms with van der Waals surface area (Å²) in [5, 5.41) is 19.9. The van der Waals surface area contributed by atoms with Crippen molar-refractivity contribution in [3.8, 4) is 11.6 Å². The van der Waals surface area contributed by atoms with Gasteiger partial charge < -0.3 is 14.4 Å².